The maximum atomic E-state index is 12.4. The van der Waals surface area contributed by atoms with Crippen molar-refractivity contribution in [2.75, 3.05) is 0 Å². The van der Waals surface area contributed by atoms with E-state index in [0.29, 0.717) is 16.8 Å². The molecule has 24 heavy (non-hydrogen) atoms. The van der Waals surface area contributed by atoms with Gasteiger partial charge in [0.15, 0.2) is 0 Å². The third-order valence-corrected chi connectivity index (χ3v) is 5.33. The standard InChI is InChI=1S/C21H21NO2/c1-21(10-4-2-5-11-21)16-9-8-15-13-17(18-7-3-6-12-22-18)20(23)24-19(15)14-16/h3,6-9,12-14H,2,4-5,10-11H2,1H3. The van der Waals surface area contributed by atoms with Gasteiger partial charge in [0.2, 0.25) is 0 Å². The van der Waals surface area contributed by atoms with Gasteiger partial charge in [0, 0.05) is 11.6 Å². The van der Waals surface area contributed by atoms with E-state index in [0.717, 1.165) is 5.39 Å². The lowest BCUT2D eigenvalue weighted by atomic mass is 9.71. The normalized spacial score (nSPS) is 17.0. The van der Waals surface area contributed by atoms with Gasteiger partial charge in [-0.05, 0) is 48.1 Å². The van der Waals surface area contributed by atoms with Gasteiger partial charge < -0.3 is 4.42 Å². The van der Waals surface area contributed by atoms with Crippen molar-refractivity contribution >= 4 is 11.0 Å². The van der Waals surface area contributed by atoms with Crippen LogP contribution in [-0.2, 0) is 5.41 Å². The zero-order valence-corrected chi connectivity index (χ0v) is 13.9. The molecule has 3 nitrogen and oxygen atoms in total. The summed E-state index contributed by atoms with van der Waals surface area (Å²) < 4.78 is 5.63. The molecule has 1 aliphatic carbocycles. The van der Waals surface area contributed by atoms with Crippen LogP contribution in [0.3, 0.4) is 0 Å². The number of fused-ring (bicyclic) bond motifs is 1. The Bertz CT molecular complexity index is 921. The molecule has 1 aromatic carbocycles. The highest BCUT2D eigenvalue weighted by atomic mass is 16.4. The number of pyridine rings is 1. The molecule has 122 valence electrons. The summed E-state index contributed by atoms with van der Waals surface area (Å²) in [4.78, 5) is 16.7. The Hall–Kier alpha value is -2.42. The Morgan fingerprint density at radius 2 is 1.88 bits per heavy atom. The van der Waals surface area contributed by atoms with Gasteiger partial charge in [0.1, 0.15) is 5.58 Å². The summed E-state index contributed by atoms with van der Waals surface area (Å²) in [6, 6.07) is 13.7. The van der Waals surface area contributed by atoms with Gasteiger partial charge in [-0.25, -0.2) is 4.79 Å². The van der Waals surface area contributed by atoms with Crippen molar-refractivity contribution in [3.63, 3.8) is 0 Å². The van der Waals surface area contributed by atoms with Crippen LogP contribution in [0.15, 0.2) is 57.9 Å². The van der Waals surface area contributed by atoms with Gasteiger partial charge in [-0.15, -0.1) is 0 Å². The van der Waals surface area contributed by atoms with Crippen LogP contribution in [0, 0.1) is 0 Å². The molecule has 2 heterocycles. The predicted octanol–water partition coefficient (Wildman–Crippen LogP) is 5.08. The third-order valence-electron chi connectivity index (χ3n) is 5.33. The summed E-state index contributed by atoms with van der Waals surface area (Å²) >= 11 is 0. The molecule has 0 spiro atoms. The fourth-order valence-electron chi connectivity index (χ4n) is 3.81. The van der Waals surface area contributed by atoms with Crippen LogP contribution < -0.4 is 5.63 Å². The van der Waals surface area contributed by atoms with Gasteiger partial charge in [0.05, 0.1) is 11.3 Å². The Morgan fingerprint density at radius 1 is 1.04 bits per heavy atom. The summed E-state index contributed by atoms with van der Waals surface area (Å²) in [5, 5.41) is 0.943. The Balaban J connectivity index is 1.80. The largest absolute Gasteiger partial charge is 0.422 e. The van der Waals surface area contributed by atoms with E-state index < -0.39 is 0 Å². The fourth-order valence-corrected chi connectivity index (χ4v) is 3.81. The van der Waals surface area contributed by atoms with Crippen molar-refractivity contribution in [3.05, 3.63) is 64.6 Å². The highest BCUT2D eigenvalue weighted by molar-refractivity contribution is 5.81. The van der Waals surface area contributed by atoms with Gasteiger partial charge >= 0.3 is 5.63 Å². The first-order chi connectivity index (χ1) is 11.7. The monoisotopic (exact) mass is 319 g/mol. The van der Waals surface area contributed by atoms with Crippen LogP contribution in [0.1, 0.15) is 44.6 Å². The average Bonchev–Trinajstić information content (AvgIpc) is 2.62. The molecule has 0 N–H and O–H groups in total. The zero-order valence-electron chi connectivity index (χ0n) is 13.9. The first-order valence-electron chi connectivity index (χ1n) is 8.66. The minimum atomic E-state index is -0.327. The van der Waals surface area contributed by atoms with Crippen molar-refractivity contribution in [2.24, 2.45) is 0 Å². The molecule has 0 radical (unpaired) electrons. The Labute approximate surface area is 141 Å². The lowest BCUT2D eigenvalue weighted by Gasteiger charge is -2.34. The number of aromatic nitrogens is 1. The lowest BCUT2D eigenvalue weighted by Crippen LogP contribution is -2.24. The first-order valence-corrected chi connectivity index (χ1v) is 8.66. The van der Waals surface area contributed by atoms with E-state index in [-0.39, 0.29) is 11.0 Å². The van der Waals surface area contributed by atoms with Gasteiger partial charge in [0.25, 0.3) is 0 Å². The second-order valence-electron chi connectivity index (χ2n) is 7.04. The fraction of sp³-hybridized carbons (Fsp3) is 0.333. The molecule has 1 aliphatic rings. The number of benzene rings is 1. The molecule has 2 aromatic heterocycles. The quantitative estimate of drug-likeness (QED) is 0.619. The van der Waals surface area contributed by atoms with Gasteiger partial charge in [-0.1, -0.05) is 44.4 Å². The third kappa shape index (κ3) is 2.64. The second-order valence-corrected chi connectivity index (χ2v) is 7.04. The Kier molecular flexibility index (Phi) is 3.72. The zero-order chi connectivity index (χ0) is 16.6. The van der Waals surface area contributed by atoms with Crippen molar-refractivity contribution in [3.8, 4) is 11.3 Å². The van der Waals surface area contributed by atoms with Crippen LogP contribution >= 0.6 is 0 Å². The van der Waals surface area contributed by atoms with Crippen LogP contribution in [0.5, 0.6) is 0 Å². The Morgan fingerprint density at radius 3 is 2.62 bits per heavy atom. The summed E-state index contributed by atoms with van der Waals surface area (Å²) in [6.45, 7) is 2.33. The van der Waals surface area contributed by atoms with E-state index in [1.54, 1.807) is 6.20 Å². The van der Waals surface area contributed by atoms with Crippen LogP contribution in [-0.4, -0.2) is 4.98 Å². The molecule has 1 saturated carbocycles. The molecule has 1 fully saturated rings. The van der Waals surface area contributed by atoms with E-state index in [2.05, 4.69) is 30.1 Å². The molecule has 0 saturated heterocycles. The van der Waals surface area contributed by atoms with Crippen LogP contribution in [0.2, 0.25) is 0 Å². The van der Waals surface area contributed by atoms with Crippen molar-refractivity contribution in [2.45, 2.75) is 44.4 Å². The van der Waals surface area contributed by atoms with E-state index >= 15 is 0 Å². The molecule has 0 aliphatic heterocycles. The molecule has 0 bridgehead atoms. The molecule has 0 atom stereocenters. The van der Waals surface area contributed by atoms with E-state index in [9.17, 15) is 4.79 Å². The number of hydrogen-bond donors (Lipinski definition) is 0. The highest BCUT2D eigenvalue weighted by Gasteiger charge is 2.29. The van der Waals surface area contributed by atoms with E-state index in [1.165, 1.54) is 37.7 Å². The first kappa shape index (κ1) is 15.1. The van der Waals surface area contributed by atoms with E-state index in [1.807, 2.05) is 24.3 Å². The summed E-state index contributed by atoms with van der Waals surface area (Å²) in [7, 11) is 0. The average molecular weight is 319 g/mol. The molecular formula is C21H21NO2. The van der Waals surface area contributed by atoms with Crippen LogP contribution in [0.4, 0.5) is 0 Å². The van der Waals surface area contributed by atoms with Crippen LogP contribution in [0.25, 0.3) is 22.2 Å². The van der Waals surface area contributed by atoms with Gasteiger partial charge in [-0.2, -0.15) is 0 Å². The number of rotatable bonds is 2. The molecule has 0 unspecified atom stereocenters. The lowest BCUT2D eigenvalue weighted by molar-refractivity contribution is 0.319. The van der Waals surface area contributed by atoms with Gasteiger partial charge in [-0.3, -0.25) is 4.98 Å². The maximum absolute atomic E-state index is 12.4. The van der Waals surface area contributed by atoms with Crippen molar-refractivity contribution in [1.29, 1.82) is 0 Å². The molecule has 3 heteroatoms. The predicted molar refractivity (Wildman–Crippen MR) is 96.2 cm³/mol. The van der Waals surface area contributed by atoms with Crippen molar-refractivity contribution < 1.29 is 4.42 Å². The minimum absolute atomic E-state index is 0.199. The molecule has 0 amide bonds. The van der Waals surface area contributed by atoms with E-state index in [4.69, 9.17) is 4.42 Å². The molecule has 4 rings (SSSR count). The SMILES string of the molecule is CC1(c2ccc3cc(-c4ccccn4)c(=O)oc3c2)CCCCC1. The number of hydrogen-bond acceptors (Lipinski definition) is 3. The molecular weight excluding hydrogens is 298 g/mol. The molecule has 3 aromatic rings. The minimum Gasteiger partial charge on any atom is -0.422 e. The van der Waals surface area contributed by atoms with Crippen molar-refractivity contribution in [1.82, 2.24) is 4.98 Å². The summed E-state index contributed by atoms with van der Waals surface area (Å²) in [5.74, 6) is 0. The topological polar surface area (TPSA) is 43.1 Å². The highest BCUT2D eigenvalue weighted by Crippen LogP contribution is 2.39. The summed E-state index contributed by atoms with van der Waals surface area (Å²) in [5.41, 5.74) is 2.99. The number of nitrogens with zero attached hydrogens (tertiary/aromatic N) is 1. The summed E-state index contributed by atoms with van der Waals surface area (Å²) in [6.07, 6.45) is 7.97. The maximum Gasteiger partial charge on any atom is 0.345 e. The smallest absolute Gasteiger partial charge is 0.345 e. The second kappa shape index (κ2) is 5.90.